The SMILES string of the molecule is O=S(=O)(OS(=O)(=O)c1ccccc1)c1ccccc1.[Nd]. The van der Waals surface area contributed by atoms with E-state index in [2.05, 4.69) is 3.63 Å². The molecule has 8 heteroatoms. The molecule has 0 N–H and O–H groups in total. The standard InChI is InChI=1S/C12H10O5S2.Nd/c13-18(14,11-7-3-1-4-8-11)17-19(15,16)12-9-5-2-6-10-12;/h1-10H;. The first-order valence-corrected chi connectivity index (χ1v) is 8.05. The Bertz CT molecular complexity index is 689. The minimum atomic E-state index is -4.35. The molecule has 0 aliphatic heterocycles. The quantitative estimate of drug-likeness (QED) is 0.721. The first-order chi connectivity index (χ1) is 8.92. The molecule has 0 aromatic heterocycles. The van der Waals surface area contributed by atoms with Crippen molar-refractivity contribution in [2.24, 2.45) is 0 Å². The summed E-state index contributed by atoms with van der Waals surface area (Å²) >= 11 is 0. The molecule has 2 aromatic rings. The summed E-state index contributed by atoms with van der Waals surface area (Å²) in [5.41, 5.74) is 0. The van der Waals surface area contributed by atoms with Crippen LogP contribution in [0.15, 0.2) is 70.5 Å². The molecule has 2 aromatic carbocycles. The van der Waals surface area contributed by atoms with Crippen LogP contribution in [0.25, 0.3) is 0 Å². The Morgan fingerprint density at radius 3 is 1.20 bits per heavy atom. The summed E-state index contributed by atoms with van der Waals surface area (Å²) in [6.07, 6.45) is 0. The maximum atomic E-state index is 11.8. The number of hydrogen-bond acceptors (Lipinski definition) is 5. The number of benzene rings is 2. The maximum Gasteiger partial charge on any atom is 0.311 e. The van der Waals surface area contributed by atoms with Crippen LogP contribution in [0, 0.1) is 40.8 Å². The second-order valence-corrected chi connectivity index (χ2v) is 6.91. The Labute approximate surface area is 150 Å². The third-order valence-electron chi connectivity index (χ3n) is 2.24. The summed E-state index contributed by atoms with van der Waals surface area (Å²) in [5, 5.41) is 0. The van der Waals surface area contributed by atoms with Gasteiger partial charge in [-0.05, 0) is 24.3 Å². The summed E-state index contributed by atoms with van der Waals surface area (Å²) in [4.78, 5) is -0.427. The van der Waals surface area contributed by atoms with E-state index in [9.17, 15) is 16.8 Å². The molecule has 5 nitrogen and oxygen atoms in total. The van der Waals surface area contributed by atoms with E-state index in [1.165, 1.54) is 48.5 Å². The van der Waals surface area contributed by atoms with Crippen molar-refractivity contribution in [1.82, 2.24) is 0 Å². The molecule has 0 bridgehead atoms. The normalized spacial score (nSPS) is 11.6. The van der Waals surface area contributed by atoms with Gasteiger partial charge in [0.2, 0.25) is 0 Å². The van der Waals surface area contributed by atoms with Crippen molar-refractivity contribution in [3.63, 3.8) is 0 Å². The van der Waals surface area contributed by atoms with Gasteiger partial charge in [0.1, 0.15) is 0 Å². The number of rotatable bonds is 4. The summed E-state index contributed by atoms with van der Waals surface area (Å²) in [5.74, 6) is 0. The first-order valence-electron chi connectivity index (χ1n) is 5.23. The van der Waals surface area contributed by atoms with E-state index in [4.69, 9.17) is 0 Å². The van der Waals surface area contributed by atoms with Gasteiger partial charge in [-0.15, -0.1) is 3.63 Å². The van der Waals surface area contributed by atoms with Crippen LogP contribution in [0.3, 0.4) is 0 Å². The van der Waals surface area contributed by atoms with Crippen molar-refractivity contribution in [3.05, 3.63) is 60.7 Å². The molecule has 104 valence electrons. The van der Waals surface area contributed by atoms with Crippen LogP contribution < -0.4 is 0 Å². The Morgan fingerprint density at radius 1 is 0.600 bits per heavy atom. The monoisotopic (exact) mass is 440 g/mol. The largest absolute Gasteiger partial charge is 0.311 e. The van der Waals surface area contributed by atoms with Gasteiger partial charge in [-0.2, -0.15) is 16.8 Å². The zero-order chi connectivity index (χ0) is 13.9. The van der Waals surface area contributed by atoms with E-state index in [1.807, 2.05) is 0 Å². The van der Waals surface area contributed by atoms with E-state index < -0.39 is 20.2 Å². The van der Waals surface area contributed by atoms with Crippen LogP contribution in [0.5, 0.6) is 0 Å². The van der Waals surface area contributed by atoms with Crippen molar-refractivity contribution in [2.75, 3.05) is 0 Å². The van der Waals surface area contributed by atoms with E-state index in [0.717, 1.165) is 0 Å². The van der Waals surface area contributed by atoms with Gasteiger partial charge in [-0.1, -0.05) is 36.4 Å². The van der Waals surface area contributed by atoms with E-state index >= 15 is 0 Å². The van der Waals surface area contributed by atoms with Crippen LogP contribution in [0.4, 0.5) is 0 Å². The molecular weight excluding hydrogens is 433 g/mol. The smallest absolute Gasteiger partial charge is 0.193 e. The van der Waals surface area contributed by atoms with Gasteiger partial charge in [0.25, 0.3) is 0 Å². The molecule has 0 amide bonds. The molecule has 0 aliphatic carbocycles. The molecule has 0 spiro atoms. The fourth-order valence-corrected chi connectivity index (χ4v) is 3.92. The minimum Gasteiger partial charge on any atom is -0.193 e. The van der Waals surface area contributed by atoms with E-state index in [1.54, 1.807) is 12.1 Å². The zero-order valence-corrected chi connectivity index (χ0v) is 15.0. The Hall–Kier alpha value is -0.349. The van der Waals surface area contributed by atoms with Crippen LogP contribution in [-0.2, 0) is 23.9 Å². The minimum absolute atomic E-state index is 0. The van der Waals surface area contributed by atoms with Crippen LogP contribution in [0.1, 0.15) is 0 Å². The van der Waals surface area contributed by atoms with Gasteiger partial charge in [0, 0.05) is 40.8 Å². The van der Waals surface area contributed by atoms with Gasteiger partial charge in [-0.3, -0.25) is 0 Å². The Kier molecular flexibility index (Phi) is 6.27. The molecule has 0 unspecified atom stereocenters. The van der Waals surface area contributed by atoms with Crippen molar-refractivity contribution in [3.8, 4) is 0 Å². The summed E-state index contributed by atoms with van der Waals surface area (Å²) in [6.45, 7) is 0. The van der Waals surface area contributed by atoms with Gasteiger partial charge in [0.05, 0.1) is 9.79 Å². The number of hydrogen-bond donors (Lipinski definition) is 0. The maximum absolute atomic E-state index is 11.8. The van der Waals surface area contributed by atoms with Crippen molar-refractivity contribution in [2.45, 2.75) is 9.79 Å². The summed E-state index contributed by atoms with van der Waals surface area (Å²) in [6, 6.07) is 14.2. The summed E-state index contributed by atoms with van der Waals surface area (Å²) in [7, 11) is -8.71. The fourth-order valence-electron chi connectivity index (χ4n) is 1.37. The second-order valence-electron chi connectivity index (χ2n) is 3.60. The third-order valence-corrected chi connectivity index (χ3v) is 5.38. The molecule has 0 saturated carbocycles. The molecule has 2 rings (SSSR count). The molecule has 20 heavy (non-hydrogen) atoms. The van der Waals surface area contributed by atoms with E-state index in [-0.39, 0.29) is 50.6 Å². The molecule has 0 saturated heterocycles. The van der Waals surface area contributed by atoms with Crippen LogP contribution in [0.2, 0.25) is 0 Å². The van der Waals surface area contributed by atoms with Crippen molar-refractivity contribution >= 4 is 20.2 Å². The van der Waals surface area contributed by atoms with Crippen LogP contribution >= 0.6 is 0 Å². The van der Waals surface area contributed by atoms with Crippen LogP contribution in [-0.4, -0.2) is 16.8 Å². The van der Waals surface area contributed by atoms with Gasteiger partial charge < -0.3 is 0 Å². The molecule has 0 radical (unpaired) electrons. The fraction of sp³-hybridized carbons (Fsp3) is 0. The molecule has 0 fully saturated rings. The topological polar surface area (TPSA) is 77.5 Å². The molecule has 0 heterocycles. The summed E-state index contributed by atoms with van der Waals surface area (Å²) < 4.78 is 51.6. The van der Waals surface area contributed by atoms with Gasteiger partial charge >= 0.3 is 20.2 Å². The molecule has 0 atom stereocenters. The first kappa shape index (κ1) is 17.7. The van der Waals surface area contributed by atoms with Crippen molar-refractivity contribution in [1.29, 1.82) is 0 Å². The zero-order valence-electron chi connectivity index (χ0n) is 10.1. The predicted molar refractivity (Wildman–Crippen MR) is 68.3 cm³/mol. The molecule has 0 aliphatic rings. The molecular formula is C12H10NdO5S2. The van der Waals surface area contributed by atoms with Gasteiger partial charge in [-0.25, -0.2) is 0 Å². The van der Waals surface area contributed by atoms with Crippen molar-refractivity contribution < 1.29 is 61.3 Å². The predicted octanol–water partition coefficient (Wildman–Crippen LogP) is 1.78. The average molecular weight is 443 g/mol. The average Bonchev–Trinajstić information content (AvgIpc) is 2.40. The Balaban J connectivity index is 0.00000200. The Morgan fingerprint density at radius 2 is 0.900 bits per heavy atom. The third kappa shape index (κ3) is 4.32. The van der Waals surface area contributed by atoms with E-state index in [0.29, 0.717) is 0 Å². The van der Waals surface area contributed by atoms with Gasteiger partial charge in [0.15, 0.2) is 0 Å². The second kappa shape index (κ2) is 7.08.